The zero-order chi connectivity index (χ0) is 15.5. The summed E-state index contributed by atoms with van der Waals surface area (Å²) in [6.45, 7) is 2.62. The third-order valence-corrected chi connectivity index (χ3v) is 4.02. The average molecular weight is 300 g/mol. The molecule has 1 amide bonds. The summed E-state index contributed by atoms with van der Waals surface area (Å²) in [7, 11) is 3.01. The highest BCUT2D eigenvalue weighted by molar-refractivity contribution is 5.90. The molecule has 2 aromatic rings. The van der Waals surface area contributed by atoms with Crippen LogP contribution >= 0.6 is 0 Å². The number of fused-ring (bicyclic) bond motifs is 1. The molecule has 22 heavy (non-hydrogen) atoms. The maximum Gasteiger partial charge on any atom is 0.312 e. The number of benzene rings is 1. The van der Waals surface area contributed by atoms with E-state index in [1.54, 1.807) is 13.1 Å². The van der Waals surface area contributed by atoms with E-state index in [9.17, 15) is 4.79 Å². The number of furan rings is 1. The fraction of sp³-hybridized carbons (Fsp3) is 0.353. The molecular formula is C17H20N2O3. The summed E-state index contributed by atoms with van der Waals surface area (Å²) in [5.41, 5.74) is 2.80. The van der Waals surface area contributed by atoms with Gasteiger partial charge in [-0.1, -0.05) is 24.3 Å². The van der Waals surface area contributed by atoms with Gasteiger partial charge in [0.2, 0.25) is 0 Å². The molecule has 1 aromatic heterocycles. The normalized spacial score (nSPS) is 14.6. The first-order valence-corrected chi connectivity index (χ1v) is 7.37. The molecule has 0 spiro atoms. The van der Waals surface area contributed by atoms with Gasteiger partial charge in [0.25, 0.3) is 0 Å². The molecule has 5 heteroatoms. The van der Waals surface area contributed by atoms with Crippen LogP contribution in [0.5, 0.6) is 0 Å². The second-order valence-electron chi connectivity index (χ2n) is 5.48. The molecule has 0 radical (unpaired) electrons. The number of carbonyl (C=O) groups is 1. The molecule has 2 heterocycles. The van der Waals surface area contributed by atoms with E-state index in [0.29, 0.717) is 12.3 Å². The standard InChI is InChI=1S/C17H20N2O3/c1-18(21-2)17(20)16-8-7-15(22-16)12-19-10-9-13-5-3-4-6-14(13)11-19/h3-8H,9-12H2,1-2H3. The van der Waals surface area contributed by atoms with Crippen LogP contribution < -0.4 is 0 Å². The predicted molar refractivity (Wildman–Crippen MR) is 82.1 cm³/mol. The van der Waals surface area contributed by atoms with Crippen molar-refractivity contribution in [1.82, 2.24) is 9.96 Å². The molecule has 116 valence electrons. The lowest BCUT2D eigenvalue weighted by molar-refractivity contribution is -0.0774. The summed E-state index contributed by atoms with van der Waals surface area (Å²) in [4.78, 5) is 19.1. The van der Waals surface area contributed by atoms with Crippen molar-refractivity contribution in [2.75, 3.05) is 20.7 Å². The van der Waals surface area contributed by atoms with Gasteiger partial charge in [0.05, 0.1) is 13.7 Å². The van der Waals surface area contributed by atoms with Crippen molar-refractivity contribution in [3.05, 3.63) is 59.0 Å². The maximum atomic E-state index is 11.9. The summed E-state index contributed by atoms with van der Waals surface area (Å²) in [6.07, 6.45) is 1.05. The molecule has 5 nitrogen and oxygen atoms in total. The first kappa shape index (κ1) is 14.8. The molecule has 0 bridgehead atoms. The third-order valence-electron chi connectivity index (χ3n) is 4.02. The van der Waals surface area contributed by atoms with E-state index in [2.05, 4.69) is 29.2 Å². The Morgan fingerprint density at radius 2 is 2.05 bits per heavy atom. The first-order chi connectivity index (χ1) is 10.7. The minimum absolute atomic E-state index is 0.280. The van der Waals surface area contributed by atoms with Gasteiger partial charge in [-0.05, 0) is 29.7 Å². The number of carbonyl (C=O) groups excluding carboxylic acids is 1. The van der Waals surface area contributed by atoms with E-state index >= 15 is 0 Å². The van der Waals surface area contributed by atoms with Gasteiger partial charge in [-0.3, -0.25) is 14.5 Å². The van der Waals surface area contributed by atoms with Crippen molar-refractivity contribution in [3.8, 4) is 0 Å². The highest BCUT2D eigenvalue weighted by Gasteiger charge is 2.19. The zero-order valence-electron chi connectivity index (χ0n) is 12.9. The molecule has 0 aliphatic carbocycles. The molecule has 1 aliphatic rings. The summed E-state index contributed by atoms with van der Waals surface area (Å²) in [6, 6.07) is 12.1. The molecule has 0 fully saturated rings. The van der Waals surface area contributed by atoms with E-state index < -0.39 is 0 Å². The molecule has 0 N–H and O–H groups in total. The number of nitrogens with zero attached hydrogens (tertiary/aromatic N) is 2. The Hall–Kier alpha value is -2.11. The topological polar surface area (TPSA) is 45.9 Å². The Labute approximate surface area is 130 Å². The average Bonchev–Trinajstić information content (AvgIpc) is 3.01. The highest BCUT2D eigenvalue weighted by Crippen LogP contribution is 2.21. The van der Waals surface area contributed by atoms with E-state index in [-0.39, 0.29) is 5.91 Å². The SMILES string of the molecule is CON(C)C(=O)c1ccc(CN2CCc3ccccc3C2)o1. The van der Waals surface area contributed by atoms with Crippen LogP contribution in [0.3, 0.4) is 0 Å². The minimum Gasteiger partial charge on any atom is -0.454 e. The monoisotopic (exact) mass is 300 g/mol. The van der Waals surface area contributed by atoms with E-state index in [0.717, 1.165) is 30.3 Å². The van der Waals surface area contributed by atoms with Crippen LogP contribution in [0.1, 0.15) is 27.4 Å². The smallest absolute Gasteiger partial charge is 0.312 e. The van der Waals surface area contributed by atoms with Crippen LogP contribution in [0.4, 0.5) is 0 Å². The number of hydrogen-bond acceptors (Lipinski definition) is 4. The van der Waals surface area contributed by atoms with Crippen LogP contribution in [0.15, 0.2) is 40.8 Å². The Kier molecular flexibility index (Phi) is 4.27. The van der Waals surface area contributed by atoms with Crippen LogP contribution in [-0.2, 0) is 24.3 Å². The molecule has 1 aromatic carbocycles. The second-order valence-corrected chi connectivity index (χ2v) is 5.48. The lowest BCUT2D eigenvalue weighted by Gasteiger charge is -2.27. The molecule has 0 saturated heterocycles. The Balaban J connectivity index is 1.65. The van der Waals surface area contributed by atoms with Gasteiger partial charge < -0.3 is 4.42 Å². The summed E-state index contributed by atoms with van der Waals surface area (Å²) in [5.74, 6) is 0.821. The van der Waals surface area contributed by atoms with Crippen molar-refractivity contribution in [2.24, 2.45) is 0 Å². The van der Waals surface area contributed by atoms with Gasteiger partial charge in [-0.2, -0.15) is 0 Å². The number of rotatable bonds is 4. The summed E-state index contributed by atoms with van der Waals surface area (Å²) in [5, 5.41) is 1.15. The van der Waals surface area contributed by atoms with Gasteiger partial charge in [-0.15, -0.1) is 0 Å². The van der Waals surface area contributed by atoms with Gasteiger partial charge in [0.15, 0.2) is 5.76 Å². The molecule has 0 saturated carbocycles. The third kappa shape index (κ3) is 3.05. The predicted octanol–water partition coefficient (Wildman–Crippen LogP) is 2.47. The van der Waals surface area contributed by atoms with Gasteiger partial charge >= 0.3 is 5.91 Å². The molecular weight excluding hydrogens is 280 g/mol. The molecule has 1 aliphatic heterocycles. The van der Waals surface area contributed by atoms with Crippen LogP contribution in [0.2, 0.25) is 0 Å². The Morgan fingerprint density at radius 1 is 1.27 bits per heavy atom. The largest absolute Gasteiger partial charge is 0.454 e. The summed E-state index contributed by atoms with van der Waals surface area (Å²) < 4.78 is 5.65. The minimum atomic E-state index is -0.280. The van der Waals surface area contributed by atoms with Crippen molar-refractivity contribution in [2.45, 2.75) is 19.5 Å². The van der Waals surface area contributed by atoms with Gasteiger partial charge in [0, 0.05) is 20.1 Å². The zero-order valence-corrected chi connectivity index (χ0v) is 12.9. The van der Waals surface area contributed by atoms with E-state index in [1.165, 1.54) is 18.2 Å². The first-order valence-electron chi connectivity index (χ1n) is 7.37. The van der Waals surface area contributed by atoms with Crippen molar-refractivity contribution < 1.29 is 14.0 Å². The lowest BCUT2D eigenvalue weighted by atomic mass is 10.00. The van der Waals surface area contributed by atoms with Gasteiger partial charge in [-0.25, -0.2) is 5.06 Å². The molecule has 0 unspecified atom stereocenters. The Bertz CT molecular complexity index is 665. The van der Waals surface area contributed by atoms with Gasteiger partial charge in [0.1, 0.15) is 5.76 Å². The summed E-state index contributed by atoms with van der Waals surface area (Å²) >= 11 is 0. The second kappa shape index (κ2) is 6.34. The lowest BCUT2D eigenvalue weighted by Crippen LogP contribution is -2.29. The molecule has 0 atom stereocenters. The highest BCUT2D eigenvalue weighted by atomic mass is 16.7. The van der Waals surface area contributed by atoms with E-state index in [4.69, 9.17) is 9.25 Å². The fourth-order valence-electron chi connectivity index (χ4n) is 2.73. The van der Waals surface area contributed by atoms with Crippen molar-refractivity contribution >= 4 is 5.91 Å². The van der Waals surface area contributed by atoms with Crippen molar-refractivity contribution in [1.29, 1.82) is 0 Å². The quantitative estimate of drug-likeness (QED) is 0.814. The van der Waals surface area contributed by atoms with E-state index in [1.807, 2.05) is 6.07 Å². The van der Waals surface area contributed by atoms with Crippen LogP contribution in [-0.4, -0.2) is 36.6 Å². The van der Waals surface area contributed by atoms with Crippen molar-refractivity contribution in [3.63, 3.8) is 0 Å². The molecule has 3 rings (SSSR count). The fourth-order valence-corrected chi connectivity index (χ4v) is 2.73. The Morgan fingerprint density at radius 3 is 2.82 bits per heavy atom. The number of hydroxylamine groups is 2. The number of amides is 1. The van der Waals surface area contributed by atoms with Crippen LogP contribution in [0.25, 0.3) is 0 Å². The number of hydrogen-bond donors (Lipinski definition) is 0. The van der Waals surface area contributed by atoms with Crippen LogP contribution in [0, 0.1) is 0 Å². The maximum absolute atomic E-state index is 11.9.